The van der Waals surface area contributed by atoms with Crippen molar-refractivity contribution in [2.45, 2.75) is 65.5 Å². The van der Waals surface area contributed by atoms with Gasteiger partial charge in [-0.1, -0.05) is 32.1 Å². The topological polar surface area (TPSA) is 120 Å². The quantitative estimate of drug-likeness (QED) is 0.443. The van der Waals surface area contributed by atoms with E-state index in [1.807, 2.05) is 41.5 Å². The molecule has 1 aliphatic rings. The normalized spacial score (nSPS) is 14.8. The molecular formula is C24H30N8O. The Morgan fingerprint density at radius 2 is 2.00 bits per heavy atom. The van der Waals surface area contributed by atoms with E-state index in [4.69, 9.17) is 10.7 Å². The van der Waals surface area contributed by atoms with Gasteiger partial charge in [-0.05, 0) is 44.4 Å². The lowest BCUT2D eigenvalue weighted by molar-refractivity contribution is 0.100. The molecule has 0 bridgehead atoms. The zero-order valence-electron chi connectivity index (χ0n) is 19.2. The molecule has 9 heteroatoms. The van der Waals surface area contributed by atoms with Gasteiger partial charge in [0.2, 0.25) is 5.91 Å². The van der Waals surface area contributed by atoms with Crippen LogP contribution in [-0.4, -0.2) is 40.6 Å². The lowest BCUT2D eigenvalue weighted by Gasteiger charge is -2.21. The van der Waals surface area contributed by atoms with Crippen LogP contribution < -0.4 is 5.73 Å². The fourth-order valence-corrected chi connectivity index (χ4v) is 4.94. The number of rotatable bonds is 7. The first kappa shape index (κ1) is 21.4. The summed E-state index contributed by atoms with van der Waals surface area (Å²) < 4.78 is 3.88. The maximum Gasteiger partial charge on any atom is 0.248 e. The Hall–Kier alpha value is -3.49. The van der Waals surface area contributed by atoms with Crippen molar-refractivity contribution in [3.05, 3.63) is 35.7 Å². The number of nitrogens with two attached hydrogens (primary N) is 1. The number of benzene rings is 1. The zero-order chi connectivity index (χ0) is 22.9. The van der Waals surface area contributed by atoms with Gasteiger partial charge >= 0.3 is 0 Å². The van der Waals surface area contributed by atoms with Crippen molar-refractivity contribution in [2.75, 3.05) is 0 Å². The van der Waals surface area contributed by atoms with Crippen molar-refractivity contribution >= 4 is 16.8 Å². The summed E-state index contributed by atoms with van der Waals surface area (Å²) in [6.45, 7) is 5.54. The van der Waals surface area contributed by atoms with Crippen LogP contribution in [0.15, 0.2) is 24.4 Å². The average molecular weight is 447 g/mol. The summed E-state index contributed by atoms with van der Waals surface area (Å²) >= 11 is 0. The van der Waals surface area contributed by atoms with Gasteiger partial charge in [0.25, 0.3) is 0 Å². The number of aromatic nitrogens is 7. The lowest BCUT2D eigenvalue weighted by Crippen LogP contribution is -2.13. The Balaban J connectivity index is 1.52. The fraction of sp³-hybridized carbons (Fsp3) is 0.458. The number of aryl methyl sites for hydroxylation is 3. The number of primary amides is 1. The molecule has 0 aliphatic heterocycles. The average Bonchev–Trinajstić information content (AvgIpc) is 3.55. The van der Waals surface area contributed by atoms with E-state index < -0.39 is 5.91 Å². The second-order valence-electron chi connectivity index (χ2n) is 8.98. The summed E-state index contributed by atoms with van der Waals surface area (Å²) in [6.07, 6.45) is 9.53. The van der Waals surface area contributed by atoms with Gasteiger partial charge in [-0.25, -0.2) is 4.98 Å². The molecule has 3 N–H and O–H groups in total. The molecule has 1 saturated carbocycles. The summed E-state index contributed by atoms with van der Waals surface area (Å²) in [4.78, 5) is 16.8. The van der Waals surface area contributed by atoms with Gasteiger partial charge in [0, 0.05) is 29.6 Å². The molecule has 3 aromatic heterocycles. The number of aromatic amines is 1. The number of H-pyrrole nitrogens is 1. The maximum absolute atomic E-state index is 12.1. The molecule has 0 unspecified atom stereocenters. The minimum Gasteiger partial charge on any atom is -0.366 e. The van der Waals surface area contributed by atoms with E-state index in [-0.39, 0.29) is 0 Å². The van der Waals surface area contributed by atoms with E-state index in [9.17, 15) is 4.79 Å². The largest absolute Gasteiger partial charge is 0.366 e. The SMILES string of the molecule is CCn1nc(C)cc1-c1nc(-c2cc(C(N)=O)cc3c2cnn3CCC2CCCCC2)n[nH]1. The Morgan fingerprint density at radius 1 is 1.18 bits per heavy atom. The van der Waals surface area contributed by atoms with Crippen molar-refractivity contribution in [2.24, 2.45) is 11.7 Å². The molecule has 1 fully saturated rings. The van der Waals surface area contributed by atoms with Gasteiger partial charge in [-0.2, -0.15) is 15.3 Å². The fourth-order valence-electron chi connectivity index (χ4n) is 4.94. The van der Waals surface area contributed by atoms with Crippen LogP contribution in [0.5, 0.6) is 0 Å². The van der Waals surface area contributed by atoms with Crippen LogP contribution in [0.2, 0.25) is 0 Å². The highest BCUT2D eigenvalue weighted by molar-refractivity contribution is 6.02. The highest BCUT2D eigenvalue weighted by Gasteiger charge is 2.20. The van der Waals surface area contributed by atoms with E-state index in [0.29, 0.717) is 17.2 Å². The first-order valence-electron chi connectivity index (χ1n) is 11.8. The summed E-state index contributed by atoms with van der Waals surface area (Å²) in [6, 6.07) is 5.57. The van der Waals surface area contributed by atoms with E-state index in [1.165, 1.54) is 32.1 Å². The predicted octanol–water partition coefficient (Wildman–Crippen LogP) is 4.08. The molecule has 33 heavy (non-hydrogen) atoms. The second kappa shape index (κ2) is 8.80. The molecule has 4 aromatic rings. The van der Waals surface area contributed by atoms with Crippen molar-refractivity contribution in [3.8, 4) is 22.9 Å². The van der Waals surface area contributed by atoms with Crippen LogP contribution in [-0.2, 0) is 13.1 Å². The van der Waals surface area contributed by atoms with E-state index in [2.05, 4.69) is 20.4 Å². The number of carbonyl (C=O) groups excluding carboxylic acids is 1. The molecule has 0 spiro atoms. The standard InChI is InChI=1S/C24H30N8O/c1-3-31-21(11-15(2)30-31)24-27-23(28-29-24)18-12-17(22(25)33)13-20-19(18)14-26-32(20)10-9-16-7-5-4-6-8-16/h11-14,16H,3-10H2,1-2H3,(H2,25,33)(H,27,28,29). The van der Waals surface area contributed by atoms with Gasteiger partial charge in [-0.15, -0.1) is 0 Å². The van der Waals surface area contributed by atoms with E-state index in [0.717, 1.165) is 53.3 Å². The Bertz CT molecular complexity index is 1290. The van der Waals surface area contributed by atoms with Gasteiger partial charge < -0.3 is 5.73 Å². The molecule has 5 rings (SSSR count). The molecule has 1 amide bonds. The number of nitrogens with one attached hydrogen (secondary N) is 1. The number of carbonyl (C=O) groups is 1. The summed E-state index contributed by atoms with van der Waals surface area (Å²) in [5.41, 5.74) is 9.52. The van der Waals surface area contributed by atoms with Crippen LogP contribution in [0.25, 0.3) is 33.8 Å². The number of hydrogen-bond donors (Lipinski definition) is 2. The minimum atomic E-state index is -0.478. The molecular weight excluding hydrogens is 416 g/mol. The first-order valence-corrected chi connectivity index (χ1v) is 11.8. The molecule has 172 valence electrons. The van der Waals surface area contributed by atoms with Crippen LogP contribution in [0.4, 0.5) is 0 Å². The Kier molecular flexibility index (Phi) is 5.70. The number of nitrogens with zero attached hydrogens (tertiary/aromatic N) is 6. The molecule has 0 radical (unpaired) electrons. The molecule has 1 aromatic carbocycles. The summed E-state index contributed by atoms with van der Waals surface area (Å²) in [7, 11) is 0. The third-order valence-electron chi connectivity index (χ3n) is 6.69. The van der Waals surface area contributed by atoms with Crippen molar-refractivity contribution in [3.63, 3.8) is 0 Å². The monoisotopic (exact) mass is 446 g/mol. The third kappa shape index (κ3) is 4.15. The van der Waals surface area contributed by atoms with E-state index in [1.54, 1.807) is 6.07 Å². The number of hydrogen-bond acceptors (Lipinski definition) is 5. The Morgan fingerprint density at radius 3 is 2.76 bits per heavy atom. The van der Waals surface area contributed by atoms with Gasteiger partial charge in [-0.3, -0.25) is 19.3 Å². The van der Waals surface area contributed by atoms with Crippen LogP contribution >= 0.6 is 0 Å². The predicted molar refractivity (Wildman–Crippen MR) is 126 cm³/mol. The van der Waals surface area contributed by atoms with E-state index >= 15 is 0 Å². The van der Waals surface area contributed by atoms with Crippen LogP contribution in [0, 0.1) is 12.8 Å². The highest BCUT2D eigenvalue weighted by Crippen LogP contribution is 2.31. The zero-order valence-corrected chi connectivity index (χ0v) is 19.2. The van der Waals surface area contributed by atoms with Crippen molar-refractivity contribution in [1.82, 2.24) is 34.7 Å². The lowest BCUT2D eigenvalue weighted by atomic mass is 9.87. The van der Waals surface area contributed by atoms with Gasteiger partial charge in [0.15, 0.2) is 11.6 Å². The van der Waals surface area contributed by atoms with Crippen molar-refractivity contribution in [1.29, 1.82) is 0 Å². The molecule has 3 heterocycles. The van der Waals surface area contributed by atoms with Crippen LogP contribution in [0.3, 0.4) is 0 Å². The first-order chi connectivity index (χ1) is 16.0. The van der Waals surface area contributed by atoms with Crippen molar-refractivity contribution < 1.29 is 4.79 Å². The van der Waals surface area contributed by atoms with Crippen LogP contribution in [0.1, 0.15) is 61.5 Å². The molecule has 1 aliphatic carbocycles. The van der Waals surface area contributed by atoms with Gasteiger partial charge in [0.1, 0.15) is 5.69 Å². The number of fused-ring (bicyclic) bond motifs is 1. The summed E-state index contributed by atoms with van der Waals surface area (Å²) in [5.74, 6) is 1.41. The molecule has 0 atom stereocenters. The molecule has 9 nitrogen and oxygen atoms in total. The minimum absolute atomic E-state index is 0.428. The third-order valence-corrected chi connectivity index (χ3v) is 6.69. The second-order valence-corrected chi connectivity index (χ2v) is 8.98. The maximum atomic E-state index is 12.1. The Labute approximate surface area is 192 Å². The highest BCUT2D eigenvalue weighted by atomic mass is 16.1. The van der Waals surface area contributed by atoms with Gasteiger partial charge in [0.05, 0.1) is 17.4 Å². The molecule has 0 saturated heterocycles. The smallest absolute Gasteiger partial charge is 0.248 e. The number of amides is 1. The summed E-state index contributed by atoms with van der Waals surface area (Å²) in [5, 5.41) is 17.5.